The van der Waals surface area contributed by atoms with E-state index in [2.05, 4.69) is 27.1 Å². The normalized spacial score (nSPS) is 10.6. The number of anilines is 1. The molecule has 2 heterocycles. The van der Waals surface area contributed by atoms with Crippen LogP contribution in [-0.4, -0.2) is 38.0 Å². The Hall–Kier alpha value is -2.84. The van der Waals surface area contributed by atoms with Crippen LogP contribution in [0.15, 0.2) is 60.4 Å². The lowest BCUT2D eigenvalue weighted by Crippen LogP contribution is -2.15. The van der Waals surface area contributed by atoms with E-state index >= 15 is 0 Å². The Morgan fingerprint density at radius 2 is 2.10 bits per heavy atom. The first-order valence-electron chi connectivity index (χ1n) is 8.93. The molecule has 0 radical (unpaired) electrons. The number of hydrogen-bond donors (Lipinski definition) is 1. The molecule has 0 bridgehead atoms. The highest BCUT2D eigenvalue weighted by atomic mass is 35.5. The van der Waals surface area contributed by atoms with Gasteiger partial charge in [0.1, 0.15) is 5.75 Å². The Kier molecular flexibility index (Phi) is 7.26. The van der Waals surface area contributed by atoms with Gasteiger partial charge in [0.25, 0.3) is 0 Å². The number of nitrogens with zero attached hydrogens (tertiary/aromatic N) is 4. The Balaban J connectivity index is 1.72. The zero-order valence-corrected chi connectivity index (χ0v) is 17.4. The quantitative estimate of drug-likeness (QED) is 0.310. The van der Waals surface area contributed by atoms with Crippen LogP contribution in [0.3, 0.4) is 0 Å². The maximum Gasteiger partial charge on any atom is 0.234 e. The largest absolute Gasteiger partial charge is 0.494 e. The number of benzene rings is 1. The average Bonchev–Trinajstić information content (AvgIpc) is 3.12. The standard InChI is InChI=1S/C20H20ClN5O2S/c1-3-12-26-19(14-7-9-15(10-8-14)28-4-2)24-25-20(26)29-13-17(27)23-16-6-5-11-22-18(16)21/h3,5-11H,1,4,12-13H2,2H3,(H,23,27). The summed E-state index contributed by atoms with van der Waals surface area (Å²) in [5.74, 6) is 1.45. The van der Waals surface area contributed by atoms with Crippen LogP contribution in [0.2, 0.25) is 5.15 Å². The van der Waals surface area contributed by atoms with Gasteiger partial charge in [0, 0.05) is 18.3 Å². The second kappa shape index (κ2) is 10.1. The number of allylic oxidation sites excluding steroid dienone is 1. The third-order valence-corrected chi connectivity index (χ3v) is 5.09. The second-order valence-corrected chi connectivity index (χ2v) is 7.14. The van der Waals surface area contributed by atoms with Crippen LogP contribution in [0.1, 0.15) is 6.92 Å². The fourth-order valence-corrected chi connectivity index (χ4v) is 3.48. The van der Waals surface area contributed by atoms with Gasteiger partial charge in [-0.05, 0) is 43.3 Å². The smallest absolute Gasteiger partial charge is 0.234 e. The molecular formula is C20H20ClN5O2S. The summed E-state index contributed by atoms with van der Waals surface area (Å²) < 4.78 is 7.39. The lowest BCUT2D eigenvalue weighted by molar-refractivity contribution is -0.113. The maximum atomic E-state index is 12.3. The van der Waals surface area contributed by atoms with Crippen molar-refractivity contribution in [3.8, 4) is 17.1 Å². The number of halogens is 1. The average molecular weight is 430 g/mol. The van der Waals surface area contributed by atoms with Crippen molar-refractivity contribution in [2.45, 2.75) is 18.6 Å². The van der Waals surface area contributed by atoms with Gasteiger partial charge in [0.15, 0.2) is 16.1 Å². The third kappa shape index (κ3) is 5.36. The molecule has 0 spiro atoms. The highest BCUT2D eigenvalue weighted by Crippen LogP contribution is 2.26. The number of nitrogens with one attached hydrogen (secondary N) is 1. The summed E-state index contributed by atoms with van der Waals surface area (Å²) in [7, 11) is 0. The minimum atomic E-state index is -0.208. The molecule has 1 aromatic carbocycles. The summed E-state index contributed by atoms with van der Waals surface area (Å²) in [6, 6.07) is 11.0. The second-order valence-electron chi connectivity index (χ2n) is 5.84. The molecular weight excluding hydrogens is 410 g/mol. The van der Waals surface area contributed by atoms with Crippen LogP contribution >= 0.6 is 23.4 Å². The molecule has 0 aliphatic rings. The number of rotatable bonds is 9. The monoisotopic (exact) mass is 429 g/mol. The minimum Gasteiger partial charge on any atom is -0.494 e. The fraction of sp³-hybridized carbons (Fsp3) is 0.200. The number of hydrogen-bond acceptors (Lipinski definition) is 6. The van der Waals surface area contributed by atoms with Gasteiger partial charge in [-0.15, -0.1) is 16.8 Å². The number of thioether (sulfide) groups is 1. The molecule has 3 rings (SSSR count). The van der Waals surface area contributed by atoms with Gasteiger partial charge >= 0.3 is 0 Å². The Labute approximate surface area is 178 Å². The molecule has 2 aromatic heterocycles. The number of aromatic nitrogens is 4. The molecule has 1 N–H and O–H groups in total. The lowest BCUT2D eigenvalue weighted by atomic mass is 10.2. The number of carbonyl (C=O) groups is 1. The SMILES string of the molecule is C=CCn1c(SCC(=O)Nc2cccnc2Cl)nnc1-c1ccc(OCC)cc1. The third-order valence-electron chi connectivity index (χ3n) is 3.82. The van der Waals surface area contributed by atoms with E-state index < -0.39 is 0 Å². The van der Waals surface area contributed by atoms with Gasteiger partial charge in [-0.25, -0.2) is 4.98 Å². The van der Waals surface area contributed by atoms with Crippen molar-refractivity contribution in [3.63, 3.8) is 0 Å². The molecule has 7 nitrogen and oxygen atoms in total. The molecule has 9 heteroatoms. The molecule has 0 aliphatic carbocycles. The molecule has 0 saturated carbocycles. The highest BCUT2D eigenvalue weighted by molar-refractivity contribution is 7.99. The number of carbonyl (C=O) groups excluding carboxylic acids is 1. The molecule has 29 heavy (non-hydrogen) atoms. The summed E-state index contributed by atoms with van der Waals surface area (Å²) >= 11 is 7.26. The van der Waals surface area contributed by atoms with E-state index in [1.54, 1.807) is 24.4 Å². The fourth-order valence-electron chi connectivity index (χ4n) is 2.57. The molecule has 150 valence electrons. The van der Waals surface area contributed by atoms with E-state index in [9.17, 15) is 4.79 Å². The summed E-state index contributed by atoms with van der Waals surface area (Å²) in [6.45, 7) is 6.88. The first kappa shape index (κ1) is 20.9. The van der Waals surface area contributed by atoms with E-state index in [0.717, 1.165) is 11.3 Å². The highest BCUT2D eigenvalue weighted by Gasteiger charge is 2.15. The van der Waals surface area contributed by atoms with Crippen LogP contribution in [0.4, 0.5) is 5.69 Å². The van der Waals surface area contributed by atoms with Crippen molar-refractivity contribution in [2.24, 2.45) is 0 Å². The van der Waals surface area contributed by atoms with Gasteiger partial charge in [-0.2, -0.15) is 0 Å². The number of ether oxygens (including phenoxy) is 1. The predicted octanol–water partition coefficient (Wildman–Crippen LogP) is 4.31. The zero-order chi connectivity index (χ0) is 20.6. The van der Waals surface area contributed by atoms with Gasteiger partial charge < -0.3 is 10.1 Å². The molecule has 0 atom stereocenters. The summed E-state index contributed by atoms with van der Waals surface area (Å²) in [5.41, 5.74) is 1.38. The van der Waals surface area contributed by atoms with Crippen molar-refractivity contribution in [1.82, 2.24) is 19.7 Å². The molecule has 3 aromatic rings. The van der Waals surface area contributed by atoms with Crippen LogP contribution in [0.25, 0.3) is 11.4 Å². The van der Waals surface area contributed by atoms with E-state index in [4.69, 9.17) is 16.3 Å². The van der Waals surface area contributed by atoms with Crippen LogP contribution in [0, 0.1) is 0 Å². The zero-order valence-electron chi connectivity index (χ0n) is 15.8. The first-order valence-corrected chi connectivity index (χ1v) is 10.3. The van der Waals surface area contributed by atoms with Gasteiger partial charge in [0.2, 0.25) is 5.91 Å². The Morgan fingerprint density at radius 1 is 1.31 bits per heavy atom. The maximum absolute atomic E-state index is 12.3. The Morgan fingerprint density at radius 3 is 2.79 bits per heavy atom. The molecule has 0 unspecified atom stereocenters. The lowest BCUT2D eigenvalue weighted by Gasteiger charge is -2.09. The number of pyridine rings is 1. The van der Waals surface area contributed by atoms with E-state index in [1.165, 1.54) is 11.8 Å². The van der Waals surface area contributed by atoms with Crippen LogP contribution in [0.5, 0.6) is 5.75 Å². The van der Waals surface area contributed by atoms with E-state index in [-0.39, 0.29) is 16.8 Å². The van der Waals surface area contributed by atoms with Gasteiger partial charge in [0.05, 0.1) is 18.0 Å². The molecule has 0 aliphatic heterocycles. The van der Waals surface area contributed by atoms with Crippen LogP contribution in [-0.2, 0) is 11.3 Å². The predicted molar refractivity (Wildman–Crippen MR) is 115 cm³/mol. The summed E-state index contributed by atoms with van der Waals surface area (Å²) in [5, 5.41) is 12.2. The minimum absolute atomic E-state index is 0.157. The first-order chi connectivity index (χ1) is 14.1. The van der Waals surface area contributed by atoms with Crippen molar-refractivity contribution in [1.29, 1.82) is 0 Å². The Bertz CT molecular complexity index is 991. The summed E-state index contributed by atoms with van der Waals surface area (Å²) in [4.78, 5) is 16.2. The van der Waals surface area contributed by atoms with Crippen molar-refractivity contribution in [2.75, 3.05) is 17.7 Å². The van der Waals surface area contributed by atoms with Crippen molar-refractivity contribution < 1.29 is 9.53 Å². The topological polar surface area (TPSA) is 81.9 Å². The van der Waals surface area contributed by atoms with Crippen LogP contribution < -0.4 is 10.1 Å². The van der Waals surface area contributed by atoms with Gasteiger partial charge in [-0.1, -0.05) is 29.4 Å². The van der Waals surface area contributed by atoms with Crippen molar-refractivity contribution in [3.05, 3.63) is 60.4 Å². The summed E-state index contributed by atoms with van der Waals surface area (Å²) in [6.07, 6.45) is 3.33. The van der Waals surface area contributed by atoms with E-state index in [1.807, 2.05) is 35.8 Å². The molecule has 1 amide bonds. The molecule has 0 fully saturated rings. The van der Waals surface area contributed by atoms with Gasteiger partial charge in [-0.3, -0.25) is 9.36 Å². The molecule has 0 saturated heterocycles. The van der Waals surface area contributed by atoms with Crippen molar-refractivity contribution >= 4 is 35.0 Å². The van der Waals surface area contributed by atoms with E-state index in [0.29, 0.717) is 29.8 Å². The number of amides is 1.